The fraction of sp³-hybridized carbons (Fsp3) is 0.333. The van der Waals surface area contributed by atoms with Gasteiger partial charge in [0.2, 0.25) is 0 Å². The summed E-state index contributed by atoms with van der Waals surface area (Å²) < 4.78 is 0. The summed E-state index contributed by atoms with van der Waals surface area (Å²) in [5, 5.41) is 13.3. The van der Waals surface area contributed by atoms with E-state index in [1.165, 1.54) is 0 Å². The van der Waals surface area contributed by atoms with Crippen LogP contribution in [-0.2, 0) is 0 Å². The summed E-state index contributed by atoms with van der Waals surface area (Å²) in [6, 6.07) is 5.30. The molecule has 0 saturated carbocycles. The molecule has 0 unspecified atom stereocenters. The first kappa shape index (κ1) is 7.90. The van der Waals surface area contributed by atoms with E-state index in [4.69, 9.17) is 11.6 Å². The minimum Gasteiger partial charge on any atom is -0.508 e. The number of halogens is 1. The lowest BCUT2D eigenvalue weighted by atomic mass is 9.93. The molecule has 1 aromatic carbocycles. The molecule has 2 N–H and O–H groups in total. The SMILES string of the molecule is Oc1cc(Cl)ccc1C1CNC1. The molecule has 0 atom stereocenters. The van der Waals surface area contributed by atoms with Crippen molar-refractivity contribution in [3.8, 4) is 5.75 Å². The lowest BCUT2D eigenvalue weighted by Crippen LogP contribution is -2.39. The predicted octanol–water partition coefficient (Wildman–Crippen LogP) is 1.73. The molecule has 1 saturated heterocycles. The first-order valence-electron chi connectivity index (χ1n) is 3.96. The van der Waals surface area contributed by atoms with E-state index in [1.807, 2.05) is 12.1 Å². The van der Waals surface area contributed by atoms with Crippen LogP contribution in [0.2, 0.25) is 5.02 Å². The van der Waals surface area contributed by atoms with Gasteiger partial charge in [0, 0.05) is 24.0 Å². The average Bonchev–Trinajstić information content (AvgIpc) is 1.91. The van der Waals surface area contributed by atoms with Crippen molar-refractivity contribution in [3.63, 3.8) is 0 Å². The molecule has 64 valence electrons. The number of hydrogen-bond acceptors (Lipinski definition) is 2. The number of aromatic hydroxyl groups is 1. The van der Waals surface area contributed by atoms with E-state index in [1.54, 1.807) is 6.07 Å². The highest BCUT2D eigenvalue weighted by atomic mass is 35.5. The quantitative estimate of drug-likeness (QED) is 0.695. The van der Waals surface area contributed by atoms with Crippen LogP contribution in [0.4, 0.5) is 0 Å². The normalized spacial score (nSPS) is 17.4. The van der Waals surface area contributed by atoms with Crippen LogP contribution in [0.25, 0.3) is 0 Å². The molecular formula is C9H10ClNO. The van der Waals surface area contributed by atoms with E-state index >= 15 is 0 Å². The number of phenolic OH excluding ortho intramolecular Hbond substituents is 1. The van der Waals surface area contributed by atoms with Gasteiger partial charge in [0.1, 0.15) is 5.75 Å². The average molecular weight is 184 g/mol. The molecule has 2 rings (SSSR count). The lowest BCUT2D eigenvalue weighted by Gasteiger charge is -2.27. The maximum absolute atomic E-state index is 9.51. The largest absolute Gasteiger partial charge is 0.508 e. The summed E-state index contributed by atoms with van der Waals surface area (Å²) in [5.41, 5.74) is 0.998. The maximum Gasteiger partial charge on any atom is 0.120 e. The van der Waals surface area contributed by atoms with E-state index in [0.717, 1.165) is 18.7 Å². The summed E-state index contributed by atoms with van der Waals surface area (Å²) in [4.78, 5) is 0. The molecule has 2 nitrogen and oxygen atoms in total. The molecule has 0 amide bonds. The van der Waals surface area contributed by atoms with E-state index in [0.29, 0.717) is 16.7 Å². The Bertz CT molecular complexity index is 297. The maximum atomic E-state index is 9.51. The first-order valence-corrected chi connectivity index (χ1v) is 4.34. The van der Waals surface area contributed by atoms with Gasteiger partial charge in [-0.05, 0) is 17.7 Å². The summed E-state index contributed by atoms with van der Waals surface area (Å²) >= 11 is 5.71. The molecule has 0 bridgehead atoms. The lowest BCUT2D eigenvalue weighted by molar-refractivity contribution is 0.413. The molecule has 1 aliphatic rings. The van der Waals surface area contributed by atoms with Crippen LogP contribution in [0.15, 0.2) is 18.2 Å². The fourth-order valence-corrected chi connectivity index (χ4v) is 1.54. The summed E-state index contributed by atoms with van der Waals surface area (Å²) in [6.45, 7) is 1.91. The molecule has 0 aromatic heterocycles. The molecular weight excluding hydrogens is 174 g/mol. The van der Waals surface area contributed by atoms with E-state index in [-0.39, 0.29) is 0 Å². The van der Waals surface area contributed by atoms with Crippen LogP contribution in [0, 0.1) is 0 Å². The summed E-state index contributed by atoms with van der Waals surface area (Å²) in [5.74, 6) is 0.774. The van der Waals surface area contributed by atoms with Crippen LogP contribution in [-0.4, -0.2) is 18.2 Å². The van der Waals surface area contributed by atoms with Gasteiger partial charge in [-0.15, -0.1) is 0 Å². The molecule has 1 heterocycles. The molecule has 3 heteroatoms. The molecule has 0 spiro atoms. The highest BCUT2D eigenvalue weighted by molar-refractivity contribution is 6.30. The summed E-state index contributed by atoms with van der Waals surface area (Å²) in [6.07, 6.45) is 0. The third kappa shape index (κ3) is 1.28. The second-order valence-corrected chi connectivity index (χ2v) is 3.49. The van der Waals surface area contributed by atoms with Gasteiger partial charge >= 0.3 is 0 Å². The topological polar surface area (TPSA) is 32.3 Å². The zero-order valence-electron chi connectivity index (χ0n) is 6.55. The molecule has 0 radical (unpaired) electrons. The van der Waals surface area contributed by atoms with Crippen molar-refractivity contribution in [2.45, 2.75) is 5.92 Å². The van der Waals surface area contributed by atoms with Crippen LogP contribution in [0.1, 0.15) is 11.5 Å². The van der Waals surface area contributed by atoms with Gasteiger partial charge in [0.25, 0.3) is 0 Å². The highest BCUT2D eigenvalue weighted by Gasteiger charge is 2.21. The summed E-state index contributed by atoms with van der Waals surface area (Å²) in [7, 11) is 0. The molecule has 1 aromatic rings. The van der Waals surface area contributed by atoms with Crippen molar-refractivity contribution in [2.75, 3.05) is 13.1 Å². The Labute approximate surface area is 76.2 Å². The zero-order valence-corrected chi connectivity index (χ0v) is 7.30. The minimum absolute atomic E-state index is 0.314. The second-order valence-electron chi connectivity index (χ2n) is 3.06. The van der Waals surface area contributed by atoms with Gasteiger partial charge in [0.05, 0.1) is 0 Å². The molecule has 1 fully saturated rings. The zero-order chi connectivity index (χ0) is 8.55. The predicted molar refractivity (Wildman–Crippen MR) is 48.7 cm³/mol. The number of phenols is 1. The molecule has 1 aliphatic heterocycles. The van der Waals surface area contributed by atoms with Gasteiger partial charge < -0.3 is 10.4 Å². The standard InChI is InChI=1S/C9H10ClNO/c10-7-1-2-8(9(12)3-7)6-4-11-5-6/h1-3,6,11-12H,4-5H2. The van der Waals surface area contributed by atoms with Crippen molar-refractivity contribution >= 4 is 11.6 Å². The number of nitrogens with one attached hydrogen (secondary N) is 1. The number of hydrogen-bond donors (Lipinski definition) is 2. The minimum atomic E-state index is 0.314. The Morgan fingerprint density at radius 1 is 1.42 bits per heavy atom. The fourth-order valence-electron chi connectivity index (χ4n) is 1.37. The van der Waals surface area contributed by atoms with Gasteiger partial charge in [0.15, 0.2) is 0 Å². The number of benzene rings is 1. The number of rotatable bonds is 1. The van der Waals surface area contributed by atoms with Gasteiger partial charge in [-0.3, -0.25) is 0 Å². The van der Waals surface area contributed by atoms with Gasteiger partial charge in [-0.2, -0.15) is 0 Å². The molecule has 0 aliphatic carbocycles. The van der Waals surface area contributed by atoms with Crippen LogP contribution in [0.3, 0.4) is 0 Å². The third-order valence-electron chi connectivity index (χ3n) is 2.21. The van der Waals surface area contributed by atoms with Crippen molar-refractivity contribution < 1.29 is 5.11 Å². The second kappa shape index (κ2) is 2.96. The Hall–Kier alpha value is -0.730. The van der Waals surface area contributed by atoms with Crippen LogP contribution >= 0.6 is 11.6 Å². The van der Waals surface area contributed by atoms with E-state index in [2.05, 4.69) is 5.32 Å². The first-order chi connectivity index (χ1) is 5.77. The van der Waals surface area contributed by atoms with E-state index < -0.39 is 0 Å². The van der Waals surface area contributed by atoms with E-state index in [9.17, 15) is 5.11 Å². The monoisotopic (exact) mass is 183 g/mol. The van der Waals surface area contributed by atoms with Gasteiger partial charge in [-0.25, -0.2) is 0 Å². The smallest absolute Gasteiger partial charge is 0.120 e. The Morgan fingerprint density at radius 3 is 2.67 bits per heavy atom. The van der Waals surface area contributed by atoms with Crippen molar-refractivity contribution in [1.82, 2.24) is 5.32 Å². The Morgan fingerprint density at radius 2 is 2.17 bits per heavy atom. The highest BCUT2D eigenvalue weighted by Crippen LogP contribution is 2.30. The van der Waals surface area contributed by atoms with Crippen molar-refractivity contribution in [2.24, 2.45) is 0 Å². The van der Waals surface area contributed by atoms with Crippen molar-refractivity contribution in [1.29, 1.82) is 0 Å². The van der Waals surface area contributed by atoms with Crippen LogP contribution in [0.5, 0.6) is 5.75 Å². The third-order valence-corrected chi connectivity index (χ3v) is 2.45. The van der Waals surface area contributed by atoms with Crippen LogP contribution < -0.4 is 5.32 Å². The van der Waals surface area contributed by atoms with Gasteiger partial charge in [-0.1, -0.05) is 17.7 Å². The Balaban J connectivity index is 2.31. The molecule has 12 heavy (non-hydrogen) atoms. The Kier molecular flexibility index (Phi) is 1.95. The van der Waals surface area contributed by atoms with Crippen molar-refractivity contribution in [3.05, 3.63) is 28.8 Å².